The Hall–Kier alpha value is 0.375. The Kier molecular flexibility index (Phi) is 7.90. The maximum absolute atomic E-state index is 7.23. The van der Waals surface area contributed by atoms with Gasteiger partial charge in [-0.05, 0) is 0 Å². The summed E-state index contributed by atoms with van der Waals surface area (Å²) < 4.78 is 0. The molecule has 3 nitrogen and oxygen atoms in total. The topological polar surface area (TPSA) is 60.7 Å². The molecule has 5 heteroatoms. The Labute approximate surface area is 32.8 Å². The van der Waals surface area contributed by atoms with E-state index in [9.17, 15) is 0 Å². The molecule has 0 rings (SSSR count). The molecule has 5 heavy (non-hydrogen) atoms. The van der Waals surface area contributed by atoms with E-state index >= 15 is 0 Å². The van der Waals surface area contributed by atoms with E-state index < -0.39 is 8.60 Å². The van der Waals surface area contributed by atoms with Gasteiger partial charge in [-0.1, -0.05) is 0 Å². The van der Waals surface area contributed by atoms with E-state index in [1.165, 1.54) is 0 Å². The summed E-state index contributed by atoms with van der Waals surface area (Å²) in [6.45, 7) is 0. The van der Waals surface area contributed by atoms with Crippen LogP contribution in [0.4, 0.5) is 0 Å². The quantitative estimate of drug-likeness (QED) is 0.241. The molecule has 0 saturated carbocycles. The second-order valence-corrected chi connectivity index (χ2v) is 0.805. The molecule has 0 aromatic rings. The highest BCUT2D eigenvalue weighted by molar-refractivity contribution is 7.38. The Balaban J connectivity index is 0. The molecule has 0 aromatic carbocycles. The summed E-state index contributed by atoms with van der Waals surface area (Å²) in [7, 11) is -2.62. The van der Waals surface area contributed by atoms with Gasteiger partial charge in [-0.25, -0.2) is 0 Å². The van der Waals surface area contributed by atoms with Gasteiger partial charge in [0.05, 0.1) is 8.41 Å². The third kappa shape index (κ3) is 176. The van der Waals surface area contributed by atoms with Gasteiger partial charge in [0.15, 0.2) is 0 Å². The van der Waals surface area contributed by atoms with E-state index in [-0.39, 0.29) is 8.41 Å². The van der Waals surface area contributed by atoms with Crippen LogP contribution in [0.25, 0.3) is 0 Å². The number of hydrogen-bond donors (Lipinski definition) is 3. The smallest absolute Gasteiger partial charge is 0.324 e. The van der Waals surface area contributed by atoms with E-state index in [0.29, 0.717) is 0 Å². The molecule has 0 amide bonds. The monoisotopic (exact) mass is 96.0 g/mol. The Morgan fingerprint density at radius 2 is 1.00 bits per heavy atom. The third-order valence-corrected chi connectivity index (χ3v) is 0. The summed E-state index contributed by atoms with van der Waals surface area (Å²) in [5.41, 5.74) is 0. The Morgan fingerprint density at radius 3 is 1.00 bits per heavy atom. The summed E-state index contributed by atoms with van der Waals surface area (Å²) >= 11 is 0. The summed E-state index contributed by atoms with van der Waals surface area (Å²) in [6, 6.07) is 0. The predicted octanol–water partition coefficient (Wildman–Crippen LogP) is -1.99. The lowest BCUT2D eigenvalue weighted by molar-refractivity contribution is 0.368. The van der Waals surface area contributed by atoms with Gasteiger partial charge in [0.25, 0.3) is 0 Å². The van der Waals surface area contributed by atoms with Gasteiger partial charge in [-0.2, -0.15) is 0 Å². The molecule has 0 atom stereocenters. The number of rotatable bonds is 0. The molecule has 0 saturated heterocycles. The van der Waals surface area contributed by atoms with Crippen molar-refractivity contribution in [2.24, 2.45) is 0 Å². The molecular formula is H6BO3P. The molecule has 0 radical (unpaired) electrons. The molecule has 0 aliphatic heterocycles. The molecule has 3 N–H and O–H groups in total. The standard InChI is InChI=1S/BH3.H3O3P/c;1-4(2)3/h1H3;1-3H. The molecular weight excluding hydrogens is 89.8 g/mol. The SMILES string of the molecule is B.OP(O)O. The van der Waals surface area contributed by atoms with Gasteiger partial charge < -0.3 is 14.7 Å². The van der Waals surface area contributed by atoms with Gasteiger partial charge in [0.2, 0.25) is 0 Å². The Morgan fingerprint density at radius 1 is 1.00 bits per heavy atom. The maximum Gasteiger partial charge on any atom is 0.324 e. The zero-order chi connectivity index (χ0) is 3.58. The molecule has 32 valence electrons. The first kappa shape index (κ1) is 9.03. The summed E-state index contributed by atoms with van der Waals surface area (Å²) in [4.78, 5) is 21.7. The van der Waals surface area contributed by atoms with Crippen LogP contribution in [0.15, 0.2) is 0 Å². The van der Waals surface area contributed by atoms with Crippen molar-refractivity contribution < 1.29 is 14.7 Å². The first-order valence-corrected chi connectivity index (χ1v) is 1.80. The number of hydrogen-bond acceptors (Lipinski definition) is 3. The van der Waals surface area contributed by atoms with Crippen LogP contribution in [0.5, 0.6) is 0 Å². The van der Waals surface area contributed by atoms with Crippen molar-refractivity contribution in [1.82, 2.24) is 0 Å². The zero-order valence-electron chi connectivity index (χ0n) is 1.79. The lowest BCUT2D eigenvalue weighted by Crippen LogP contribution is -1.54. The van der Waals surface area contributed by atoms with Crippen LogP contribution in [0.1, 0.15) is 0 Å². The maximum atomic E-state index is 7.23. The van der Waals surface area contributed by atoms with E-state index in [0.717, 1.165) is 0 Å². The minimum Gasteiger partial charge on any atom is -0.328 e. The van der Waals surface area contributed by atoms with Gasteiger partial charge in [-0.15, -0.1) is 0 Å². The normalized spacial score (nSPS) is 7.20. The molecule has 0 bridgehead atoms. The van der Waals surface area contributed by atoms with E-state index in [4.69, 9.17) is 14.7 Å². The van der Waals surface area contributed by atoms with Gasteiger partial charge in [0.1, 0.15) is 0 Å². The first-order valence-electron chi connectivity index (χ1n) is 0.600. The molecule has 0 spiro atoms. The molecule has 0 unspecified atom stereocenters. The molecule has 0 aromatic heterocycles. The van der Waals surface area contributed by atoms with E-state index in [1.54, 1.807) is 0 Å². The van der Waals surface area contributed by atoms with Crippen molar-refractivity contribution in [1.29, 1.82) is 0 Å². The van der Waals surface area contributed by atoms with Crippen LogP contribution >= 0.6 is 8.60 Å². The minimum absolute atomic E-state index is 0. The fourth-order valence-corrected chi connectivity index (χ4v) is 0. The fourth-order valence-electron chi connectivity index (χ4n) is 0. The fraction of sp³-hybridized carbons (Fsp3) is 0. The highest BCUT2D eigenvalue weighted by atomic mass is 31.2. The third-order valence-electron chi connectivity index (χ3n) is 0. The predicted molar refractivity (Wildman–Crippen MR) is 23.5 cm³/mol. The molecule has 0 aliphatic rings. The van der Waals surface area contributed by atoms with Crippen LogP contribution in [0, 0.1) is 0 Å². The zero-order valence-corrected chi connectivity index (χ0v) is 2.68. The van der Waals surface area contributed by atoms with Gasteiger partial charge in [-0.3, -0.25) is 0 Å². The highest BCUT2D eigenvalue weighted by Gasteiger charge is 1.76. The van der Waals surface area contributed by atoms with Crippen LogP contribution in [0.2, 0.25) is 0 Å². The van der Waals surface area contributed by atoms with Crippen molar-refractivity contribution in [2.45, 2.75) is 0 Å². The van der Waals surface area contributed by atoms with Crippen molar-refractivity contribution in [3.8, 4) is 0 Å². The van der Waals surface area contributed by atoms with Crippen molar-refractivity contribution in [3.05, 3.63) is 0 Å². The summed E-state index contributed by atoms with van der Waals surface area (Å²) in [5, 5.41) is 0. The van der Waals surface area contributed by atoms with Crippen molar-refractivity contribution in [3.63, 3.8) is 0 Å². The van der Waals surface area contributed by atoms with Crippen LogP contribution in [-0.2, 0) is 0 Å². The van der Waals surface area contributed by atoms with Crippen molar-refractivity contribution in [2.75, 3.05) is 0 Å². The largest absolute Gasteiger partial charge is 0.328 e. The van der Waals surface area contributed by atoms with Gasteiger partial charge >= 0.3 is 8.60 Å². The average molecular weight is 95.8 g/mol. The lowest BCUT2D eigenvalue weighted by Gasteiger charge is -1.76. The highest BCUT2D eigenvalue weighted by Crippen LogP contribution is 2.11. The van der Waals surface area contributed by atoms with Crippen LogP contribution in [-0.4, -0.2) is 23.1 Å². The van der Waals surface area contributed by atoms with Crippen LogP contribution in [0.3, 0.4) is 0 Å². The molecule has 0 heterocycles. The Bertz CT molecular complexity index is 11.6. The minimum atomic E-state index is -2.62. The van der Waals surface area contributed by atoms with Gasteiger partial charge in [0, 0.05) is 0 Å². The first-order chi connectivity index (χ1) is 1.73. The molecule has 0 fully saturated rings. The van der Waals surface area contributed by atoms with E-state index in [1.807, 2.05) is 0 Å². The lowest BCUT2D eigenvalue weighted by atomic mass is 10.8. The second-order valence-electron chi connectivity index (χ2n) is 0.268. The van der Waals surface area contributed by atoms with Crippen molar-refractivity contribution >= 4 is 17.0 Å². The average Bonchev–Trinajstić information content (AvgIpc) is 0.811. The summed E-state index contributed by atoms with van der Waals surface area (Å²) in [5.74, 6) is 0. The second kappa shape index (κ2) is 4.37. The van der Waals surface area contributed by atoms with Crippen LogP contribution < -0.4 is 0 Å². The molecule has 0 aliphatic carbocycles. The van der Waals surface area contributed by atoms with E-state index in [2.05, 4.69) is 0 Å². The summed E-state index contributed by atoms with van der Waals surface area (Å²) in [6.07, 6.45) is 0.